The van der Waals surface area contributed by atoms with E-state index in [-0.39, 0.29) is 24.3 Å². The summed E-state index contributed by atoms with van der Waals surface area (Å²) >= 11 is 1.43. The number of thiophene rings is 1. The largest absolute Gasteiger partial charge is 0.466 e. The molecular weight excluding hydrogens is 352 g/mol. The Morgan fingerprint density at radius 3 is 2.46 bits per heavy atom. The number of carbonyl (C=O) groups is 2. The van der Waals surface area contributed by atoms with Crippen LogP contribution in [-0.2, 0) is 0 Å². The molecule has 2 amide bonds. The molecule has 2 aliphatic rings. The standard InChI is InChI=1S/C19H22N2O4S/c1-12-6-15(13(2)25-12)17(23)20-7-14-8-21(10-19(14,9-20)11-22)18(24)16-4-3-5-26-16/h3-6,14,22H,7-11H2,1-2H3. The second kappa shape index (κ2) is 6.25. The Balaban J connectivity index is 1.51. The van der Waals surface area contributed by atoms with Gasteiger partial charge in [-0.05, 0) is 31.4 Å². The van der Waals surface area contributed by atoms with Crippen molar-refractivity contribution in [3.8, 4) is 0 Å². The summed E-state index contributed by atoms with van der Waals surface area (Å²) in [6.07, 6.45) is 0. The molecule has 0 aliphatic carbocycles. The van der Waals surface area contributed by atoms with Crippen LogP contribution >= 0.6 is 11.3 Å². The van der Waals surface area contributed by atoms with Crippen molar-refractivity contribution in [2.75, 3.05) is 32.8 Å². The molecule has 4 heterocycles. The van der Waals surface area contributed by atoms with E-state index < -0.39 is 5.41 Å². The van der Waals surface area contributed by atoms with E-state index >= 15 is 0 Å². The number of hydrogen-bond donors (Lipinski definition) is 1. The molecule has 0 bridgehead atoms. The van der Waals surface area contributed by atoms with Crippen LogP contribution < -0.4 is 0 Å². The molecule has 26 heavy (non-hydrogen) atoms. The van der Waals surface area contributed by atoms with E-state index in [1.807, 2.05) is 29.3 Å². The number of aryl methyl sites for hydroxylation is 2. The molecular formula is C19H22N2O4S. The van der Waals surface area contributed by atoms with Crippen molar-refractivity contribution < 1.29 is 19.1 Å². The number of furan rings is 1. The quantitative estimate of drug-likeness (QED) is 0.894. The fraction of sp³-hybridized carbons (Fsp3) is 0.474. The average Bonchev–Trinajstić information content (AvgIpc) is 3.36. The summed E-state index contributed by atoms with van der Waals surface area (Å²) in [5.41, 5.74) is 0.150. The summed E-state index contributed by atoms with van der Waals surface area (Å²) < 4.78 is 5.48. The zero-order chi connectivity index (χ0) is 18.5. The zero-order valence-electron chi connectivity index (χ0n) is 14.9. The molecule has 4 rings (SSSR count). The molecule has 2 aliphatic heterocycles. The number of nitrogens with zero attached hydrogens (tertiary/aromatic N) is 2. The highest BCUT2D eigenvalue weighted by molar-refractivity contribution is 7.12. The Morgan fingerprint density at radius 2 is 1.96 bits per heavy atom. The monoisotopic (exact) mass is 374 g/mol. The minimum atomic E-state index is -0.435. The minimum absolute atomic E-state index is 0.0152. The van der Waals surface area contributed by atoms with Gasteiger partial charge in [-0.2, -0.15) is 0 Å². The smallest absolute Gasteiger partial charge is 0.263 e. The first-order chi connectivity index (χ1) is 12.4. The Bertz CT molecular complexity index is 844. The normalized spacial score (nSPS) is 25.0. The van der Waals surface area contributed by atoms with E-state index in [2.05, 4.69) is 0 Å². The third-order valence-corrected chi connectivity index (χ3v) is 6.51. The van der Waals surface area contributed by atoms with Crippen LogP contribution in [-0.4, -0.2) is 59.5 Å². The van der Waals surface area contributed by atoms with Gasteiger partial charge in [0.1, 0.15) is 11.5 Å². The summed E-state index contributed by atoms with van der Waals surface area (Å²) in [5.74, 6) is 1.39. The van der Waals surface area contributed by atoms with Crippen LogP contribution in [0, 0.1) is 25.2 Å². The number of carbonyl (C=O) groups excluding carboxylic acids is 2. The molecule has 2 aromatic heterocycles. The predicted molar refractivity (Wildman–Crippen MR) is 97.3 cm³/mol. The van der Waals surface area contributed by atoms with Gasteiger partial charge >= 0.3 is 0 Å². The van der Waals surface area contributed by atoms with Gasteiger partial charge in [0.05, 0.1) is 17.0 Å². The van der Waals surface area contributed by atoms with Crippen molar-refractivity contribution in [3.63, 3.8) is 0 Å². The predicted octanol–water partition coefficient (Wildman–Crippen LogP) is 2.16. The van der Waals surface area contributed by atoms with E-state index in [1.54, 1.807) is 17.9 Å². The number of hydrogen-bond acceptors (Lipinski definition) is 5. The molecule has 138 valence electrons. The Morgan fingerprint density at radius 1 is 1.27 bits per heavy atom. The number of rotatable bonds is 3. The van der Waals surface area contributed by atoms with Crippen molar-refractivity contribution in [1.29, 1.82) is 0 Å². The van der Waals surface area contributed by atoms with Gasteiger partial charge < -0.3 is 19.3 Å². The van der Waals surface area contributed by atoms with E-state index in [9.17, 15) is 14.7 Å². The molecule has 7 heteroatoms. The first-order valence-corrected chi connectivity index (χ1v) is 9.61. The molecule has 0 saturated carbocycles. The number of aliphatic hydroxyl groups excluding tert-OH is 1. The average molecular weight is 374 g/mol. The Labute approximate surface area is 156 Å². The first-order valence-electron chi connectivity index (χ1n) is 8.73. The molecule has 2 saturated heterocycles. The number of fused-ring (bicyclic) bond motifs is 1. The van der Waals surface area contributed by atoms with Crippen LogP contribution in [0.15, 0.2) is 28.0 Å². The zero-order valence-corrected chi connectivity index (χ0v) is 15.7. The lowest BCUT2D eigenvalue weighted by Crippen LogP contribution is -2.40. The Kier molecular flexibility index (Phi) is 4.16. The van der Waals surface area contributed by atoms with Gasteiger partial charge in [0.25, 0.3) is 11.8 Å². The lowest BCUT2D eigenvalue weighted by atomic mass is 9.82. The van der Waals surface area contributed by atoms with Gasteiger partial charge in [0, 0.05) is 37.5 Å². The second-order valence-corrected chi connectivity index (χ2v) is 8.34. The van der Waals surface area contributed by atoms with Crippen LogP contribution in [0.1, 0.15) is 31.6 Å². The van der Waals surface area contributed by atoms with Gasteiger partial charge in [-0.25, -0.2) is 0 Å². The highest BCUT2D eigenvalue weighted by Gasteiger charge is 2.54. The molecule has 6 nitrogen and oxygen atoms in total. The summed E-state index contributed by atoms with van der Waals surface area (Å²) in [6, 6.07) is 5.46. The Hall–Kier alpha value is -2.12. The SMILES string of the molecule is Cc1cc(C(=O)N2CC3CN(C(=O)c4cccs4)CC3(CO)C2)c(C)o1. The maximum atomic E-state index is 12.9. The van der Waals surface area contributed by atoms with Crippen molar-refractivity contribution in [1.82, 2.24) is 9.80 Å². The maximum absolute atomic E-state index is 12.9. The van der Waals surface area contributed by atoms with Crippen LogP contribution in [0.3, 0.4) is 0 Å². The van der Waals surface area contributed by atoms with Crippen LogP contribution in [0.5, 0.6) is 0 Å². The summed E-state index contributed by atoms with van der Waals surface area (Å²) in [4.78, 5) is 29.9. The van der Waals surface area contributed by atoms with Gasteiger partial charge in [0.2, 0.25) is 0 Å². The maximum Gasteiger partial charge on any atom is 0.263 e. The highest BCUT2D eigenvalue weighted by atomic mass is 32.1. The molecule has 2 aromatic rings. The lowest BCUT2D eigenvalue weighted by Gasteiger charge is -2.27. The lowest BCUT2D eigenvalue weighted by molar-refractivity contribution is 0.0668. The van der Waals surface area contributed by atoms with Crippen LogP contribution in [0.25, 0.3) is 0 Å². The van der Waals surface area contributed by atoms with Crippen molar-refractivity contribution in [2.24, 2.45) is 11.3 Å². The van der Waals surface area contributed by atoms with Gasteiger partial charge in [0.15, 0.2) is 0 Å². The van der Waals surface area contributed by atoms with E-state index in [0.717, 1.165) is 10.6 Å². The van der Waals surface area contributed by atoms with E-state index in [4.69, 9.17) is 4.42 Å². The first kappa shape index (κ1) is 17.3. The van der Waals surface area contributed by atoms with Crippen molar-refractivity contribution in [2.45, 2.75) is 13.8 Å². The van der Waals surface area contributed by atoms with E-state index in [1.165, 1.54) is 11.3 Å². The molecule has 1 N–H and O–H groups in total. The molecule has 0 radical (unpaired) electrons. The molecule has 2 unspecified atom stereocenters. The topological polar surface area (TPSA) is 74.0 Å². The molecule has 2 fully saturated rings. The second-order valence-electron chi connectivity index (χ2n) is 7.39. The molecule has 0 spiro atoms. The fourth-order valence-corrected chi connectivity index (χ4v) is 4.97. The van der Waals surface area contributed by atoms with Gasteiger partial charge in [-0.1, -0.05) is 6.07 Å². The summed E-state index contributed by atoms with van der Waals surface area (Å²) in [6.45, 7) is 5.66. The number of likely N-dealkylation sites (tertiary alicyclic amines) is 2. The van der Waals surface area contributed by atoms with Crippen molar-refractivity contribution >= 4 is 23.2 Å². The summed E-state index contributed by atoms with van der Waals surface area (Å²) in [7, 11) is 0. The fourth-order valence-electron chi connectivity index (χ4n) is 4.28. The summed E-state index contributed by atoms with van der Waals surface area (Å²) in [5, 5.41) is 12.0. The molecule has 2 atom stereocenters. The molecule has 0 aromatic carbocycles. The highest BCUT2D eigenvalue weighted by Crippen LogP contribution is 2.43. The van der Waals surface area contributed by atoms with Crippen LogP contribution in [0.2, 0.25) is 0 Å². The minimum Gasteiger partial charge on any atom is -0.466 e. The van der Waals surface area contributed by atoms with Gasteiger partial charge in [-0.3, -0.25) is 9.59 Å². The van der Waals surface area contributed by atoms with Gasteiger partial charge in [-0.15, -0.1) is 11.3 Å². The number of aliphatic hydroxyl groups is 1. The third kappa shape index (κ3) is 2.66. The van der Waals surface area contributed by atoms with E-state index in [0.29, 0.717) is 37.5 Å². The third-order valence-electron chi connectivity index (χ3n) is 5.65. The van der Waals surface area contributed by atoms with Crippen molar-refractivity contribution in [3.05, 3.63) is 45.5 Å². The van der Waals surface area contributed by atoms with Crippen LogP contribution in [0.4, 0.5) is 0 Å². The number of amides is 2.